The molecule has 0 aliphatic carbocycles. The molecule has 0 radical (unpaired) electrons. The molecule has 100 valence electrons. The molecule has 2 unspecified atom stereocenters. The number of benzene rings is 1. The van der Waals surface area contributed by atoms with E-state index in [2.05, 4.69) is 31.2 Å². The van der Waals surface area contributed by atoms with Crippen molar-refractivity contribution in [2.45, 2.75) is 57.7 Å². The molecule has 1 aromatic rings. The lowest BCUT2D eigenvalue weighted by Crippen LogP contribution is -2.12. The Labute approximate surface area is 110 Å². The van der Waals surface area contributed by atoms with Gasteiger partial charge >= 0.3 is 0 Å². The SMILES string of the molecule is Cc1ccc(CC(O)CCCC2CCCO2)cc1. The van der Waals surface area contributed by atoms with Crippen molar-refractivity contribution in [3.8, 4) is 0 Å². The van der Waals surface area contributed by atoms with Crippen molar-refractivity contribution in [1.82, 2.24) is 0 Å². The molecule has 1 aromatic carbocycles. The summed E-state index contributed by atoms with van der Waals surface area (Å²) in [5.74, 6) is 0. The van der Waals surface area contributed by atoms with Crippen molar-refractivity contribution in [1.29, 1.82) is 0 Å². The Morgan fingerprint density at radius 1 is 1.33 bits per heavy atom. The predicted octanol–water partition coefficient (Wildman–Crippen LogP) is 3.25. The van der Waals surface area contributed by atoms with Crippen molar-refractivity contribution in [2.24, 2.45) is 0 Å². The van der Waals surface area contributed by atoms with Gasteiger partial charge in [-0.3, -0.25) is 0 Å². The Hall–Kier alpha value is -0.860. The molecule has 2 atom stereocenters. The van der Waals surface area contributed by atoms with Gasteiger partial charge in [0.2, 0.25) is 0 Å². The van der Waals surface area contributed by atoms with Crippen molar-refractivity contribution >= 4 is 0 Å². The monoisotopic (exact) mass is 248 g/mol. The minimum atomic E-state index is -0.214. The number of rotatable bonds is 6. The predicted molar refractivity (Wildman–Crippen MR) is 73.7 cm³/mol. The molecule has 0 saturated carbocycles. The molecule has 2 heteroatoms. The van der Waals surface area contributed by atoms with Crippen LogP contribution in [0.5, 0.6) is 0 Å². The summed E-state index contributed by atoms with van der Waals surface area (Å²) in [6.07, 6.45) is 6.47. The van der Waals surface area contributed by atoms with Gasteiger partial charge in [0, 0.05) is 6.61 Å². The van der Waals surface area contributed by atoms with Crippen LogP contribution in [0.3, 0.4) is 0 Å². The van der Waals surface area contributed by atoms with E-state index in [-0.39, 0.29) is 6.10 Å². The summed E-state index contributed by atoms with van der Waals surface area (Å²) in [7, 11) is 0. The highest BCUT2D eigenvalue weighted by Crippen LogP contribution is 2.19. The molecule has 0 spiro atoms. The summed E-state index contributed by atoms with van der Waals surface area (Å²) in [5.41, 5.74) is 2.50. The van der Waals surface area contributed by atoms with Crippen LogP contribution in [0.4, 0.5) is 0 Å². The molecular formula is C16H24O2. The first-order valence-corrected chi connectivity index (χ1v) is 7.09. The van der Waals surface area contributed by atoms with Gasteiger partial charge in [0.15, 0.2) is 0 Å². The Bertz CT molecular complexity index is 339. The van der Waals surface area contributed by atoms with E-state index < -0.39 is 0 Å². The van der Waals surface area contributed by atoms with Crippen molar-refractivity contribution in [2.75, 3.05) is 6.61 Å². The summed E-state index contributed by atoms with van der Waals surface area (Å²) in [4.78, 5) is 0. The van der Waals surface area contributed by atoms with Crippen LogP contribution in [0.2, 0.25) is 0 Å². The third-order valence-electron chi connectivity index (χ3n) is 3.68. The number of aliphatic hydroxyl groups excluding tert-OH is 1. The van der Waals surface area contributed by atoms with Gasteiger partial charge in [-0.15, -0.1) is 0 Å². The van der Waals surface area contributed by atoms with Gasteiger partial charge in [0.05, 0.1) is 12.2 Å². The summed E-state index contributed by atoms with van der Waals surface area (Å²) >= 11 is 0. The van der Waals surface area contributed by atoms with E-state index in [0.717, 1.165) is 32.3 Å². The highest BCUT2D eigenvalue weighted by molar-refractivity contribution is 5.21. The first-order chi connectivity index (χ1) is 8.74. The van der Waals surface area contributed by atoms with Gasteiger partial charge in [0.1, 0.15) is 0 Å². The third kappa shape index (κ3) is 4.43. The zero-order valence-electron chi connectivity index (χ0n) is 11.3. The zero-order chi connectivity index (χ0) is 12.8. The molecular weight excluding hydrogens is 224 g/mol. The Morgan fingerprint density at radius 3 is 2.78 bits per heavy atom. The van der Waals surface area contributed by atoms with Crippen LogP contribution in [0.1, 0.15) is 43.2 Å². The molecule has 18 heavy (non-hydrogen) atoms. The molecule has 0 bridgehead atoms. The first kappa shape index (κ1) is 13.6. The van der Waals surface area contributed by atoms with Gasteiger partial charge in [-0.05, 0) is 51.0 Å². The van der Waals surface area contributed by atoms with Gasteiger partial charge in [-0.2, -0.15) is 0 Å². The maximum Gasteiger partial charge on any atom is 0.0580 e. The Balaban J connectivity index is 1.65. The quantitative estimate of drug-likeness (QED) is 0.837. The first-order valence-electron chi connectivity index (χ1n) is 7.09. The molecule has 1 heterocycles. The fourth-order valence-electron chi connectivity index (χ4n) is 2.55. The van der Waals surface area contributed by atoms with E-state index >= 15 is 0 Å². The molecule has 0 amide bonds. The van der Waals surface area contributed by atoms with Crippen LogP contribution < -0.4 is 0 Å². The van der Waals surface area contributed by atoms with Crippen LogP contribution in [0.15, 0.2) is 24.3 Å². The van der Waals surface area contributed by atoms with E-state index in [0.29, 0.717) is 6.10 Å². The standard InChI is InChI=1S/C16H24O2/c1-13-7-9-14(10-8-13)12-15(17)4-2-5-16-6-3-11-18-16/h7-10,15-17H,2-6,11-12H2,1H3. The van der Waals surface area contributed by atoms with Gasteiger partial charge in [-0.25, -0.2) is 0 Å². The maximum atomic E-state index is 10.0. The van der Waals surface area contributed by atoms with Crippen molar-refractivity contribution in [3.05, 3.63) is 35.4 Å². The van der Waals surface area contributed by atoms with Crippen LogP contribution >= 0.6 is 0 Å². The summed E-state index contributed by atoms with van der Waals surface area (Å²) < 4.78 is 5.58. The smallest absolute Gasteiger partial charge is 0.0580 e. The lowest BCUT2D eigenvalue weighted by atomic mass is 10.0. The molecule has 1 saturated heterocycles. The molecule has 1 aliphatic rings. The summed E-state index contributed by atoms with van der Waals surface area (Å²) in [6.45, 7) is 3.01. The van der Waals surface area contributed by atoms with E-state index in [1.165, 1.54) is 24.0 Å². The molecule has 1 fully saturated rings. The van der Waals surface area contributed by atoms with Gasteiger partial charge in [0.25, 0.3) is 0 Å². The van der Waals surface area contributed by atoms with Crippen LogP contribution in [0, 0.1) is 6.92 Å². The average molecular weight is 248 g/mol. The number of hydrogen-bond acceptors (Lipinski definition) is 2. The Morgan fingerprint density at radius 2 is 2.11 bits per heavy atom. The van der Waals surface area contributed by atoms with Crippen LogP contribution in [0.25, 0.3) is 0 Å². The van der Waals surface area contributed by atoms with E-state index in [1.807, 2.05) is 0 Å². The maximum absolute atomic E-state index is 10.0. The molecule has 2 rings (SSSR count). The Kier molecular flexibility index (Phi) is 5.21. The van der Waals surface area contributed by atoms with Crippen LogP contribution in [-0.4, -0.2) is 23.9 Å². The highest BCUT2D eigenvalue weighted by Gasteiger charge is 2.15. The number of aliphatic hydroxyl groups is 1. The molecule has 1 N–H and O–H groups in total. The second kappa shape index (κ2) is 6.91. The largest absolute Gasteiger partial charge is 0.393 e. The van der Waals surface area contributed by atoms with E-state index in [1.54, 1.807) is 0 Å². The fraction of sp³-hybridized carbons (Fsp3) is 0.625. The fourth-order valence-corrected chi connectivity index (χ4v) is 2.55. The zero-order valence-corrected chi connectivity index (χ0v) is 11.3. The minimum absolute atomic E-state index is 0.214. The number of aryl methyl sites for hydroxylation is 1. The summed E-state index contributed by atoms with van der Waals surface area (Å²) in [5, 5.41) is 10.0. The normalized spacial score (nSPS) is 21.1. The lowest BCUT2D eigenvalue weighted by molar-refractivity contribution is 0.0945. The lowest BCUT2D eigenvalue weighted by Gasteiger charge is -2.13. The minimum Gasteiger partial charge on any atom is -0.393 e. The average Bonchev–Trinajstić information content (AvgIpc) is 2.85. The second-order valence-corrected chi connectivity index (χ2v) is 5.41. The third-order valence-corrected chi connectivity index (χ3v) is 3.68. The number of ether oxygens (including phenoxy) is 1. The number of hydrogen-bond donors (Lipinski definition) is 1. The second-order valence-electron chi connectivity index (χ2n) is 5.41. The summed E-state index contributed by atoms with van der Waals surface area (Å²) in [6, 6.07) is 8.43. The van der Waals surface area contributed by atoms with E-state index in [4.69, 9.17) is 4.74 Å². The van der Waals surface area contributed by atoms with Crippen molar-refractivity contribution < 1.29 is 9.84 Å². The highest BCUT2D eigenvalue weighted by atomic mass is 16.5. The van der Waals surface area contributed by atoms with Gasteiger partial charge < -0.3 is 9.84 Å². The molecule has 0 aromatic heterocycles. The molecule has 1 aliphatic heterocycles. The van der Waals surface area contributed by atoms with E-state index in [9.17, 15) is 5.11 Å². The van der Waals surface area contributed by atoms with Crippen molar-refractivity contribution in [3.63, 3.8) is 0 Å². The van der Waals surface area contributed by atoms with Gasteiger partial charge in [-0.1, -0.05) is 29.8 Å². The topological polar surface area (TPSA) is 29.5 Å². The molecule has 2 nitrogen and oxygen atoms in total. The van der Waals surface area contributed by atoms with Crippen LogP contribution in [-0.2, 0) is 11.2 Å².